The molecule has 1 aliphatic rings. The van der Waals surface area contributed by atoms with E-state index in [9.17, 15) is 20.1 Å². The van der Waals surface area contributed by atoms with E-state index in [-0.39, 0.29) is 17.8 Å². The van der Waals surface area contributed by atoms with E-state index >= 15 is 0 Å². The SMILES string of the molecule is CCCCCC(O)C=CC1C(O)CC(O)C1CC=CCCCC(=O)OCC. The first-order chi connectivity index (χ1) is 13.0. The number of esters is 1. The van der Waals surface area contributed by atoms with Crippen molar-refractivity contribution in [2.75, 3.05) is 6.61 Å². The van der Waals surface area contributed by atoms with E-state index in [4.69, 9.17) is 4.74 Å². The number of carbonyl (C=O) groups is 1. The van der Waals surface area contributed by atoms with Gasteiger partial charge in [0, 0.05) is 18.8 Å². The fraction of sp³-hybridized carbons (Fsp3) is 0.773. The summed E-state index contributed by atoms with van der Waals surface area (Å²) in [6.07, 6.45) is 13.1. The van der Waals surface area contributed by atoms with Crippen LogP contribution in [0.1, 0.15) is 71.6 Å². The molecule has 3 N–H and O–H groups in total. The number of aliphatic hydroxyl groups excluding tert-OH is 3. The zero-order valence-electron chi connectivity index (χ0n) is 16.9. The molecule has 1 rings (SSSR count). The number of hydrogen-bond acceptors (Lipinski definition) is 5. The van der Waals surface area contributed by atoms with Crippen LogP contribution in [0.25, 0.3) is 0 Å². The van der Waals surface area contributed by atoms with Crippen molar-refractivity contribution in [3.8, 4) is 0 Å². The van der Waals surface area contributed by atoms with Crippen LogP contribution in [0.4, 0.5) is 0 Å². The molecule has 0 amide bonds. The lowest BCUT2D eigenvalue weighted by atomic mass is 9.89. The van der Waals surface area contributed by atoms with Gasteiger partial charge in [0.25, 0.3) is 0 Å². The van der Waals surface area contributed by atoms with Gasteiger partial charge in [-0.05, 0) is 38.5 Å². The Morgan fingerprint density at radius 3 is 2.63 bits per heavy atom. The fourth-order valence-corrected chi connectivity index (χ4v) is 3.63. The summed E-state index contributed by atoms with van der Waals surface area (Å²) < 4.78 is 4.89. The lowest BCUT2D eigenvalue weighted by Gasteiger charge is -2.19. The monoisotopic (exact) mass is 382 g/mol. The van der Waals surface area contributed by atoms with Gasteiger partial charge in [0.1, 0.15) is 0 Å². The van der Waals surface area contributed by atoms with Crippen LogP contribution >= 0.6 is 0 Å². The molecule has 5 nitrogen and oxygen atoms in total. The van der Waals surface area contributed by atoms with E-state index in [1.54, 1.807) is 13.0 Å². The number of hydrogen-bond donors (Lipinski definition) is 3. The molecule has 156 valence electrons. The summed E-state index contributed by atoms with van der Waals surface area (Å²) in [6.45, 7) is 4.35. The normalized spacial score (nSPS) is 26.9. The van der Waals surface area contributed by atoms with E-state index in [0.717, 1.165) is 38.5 Å². The van der Waals surface area contributed by atoms with Crippen LogP contribution in [-0.4, -0.2) is 46.2 Å². The smallest absolute Gasteiger partial charge is 0.305 e. The first-order valence-electron chi connectivity index (χ1n) is 10.5. The van der Waals surface area contributed by atoms with E-state index in [1.807, 2.05) is 18.2 Å². The molecule has 0 aromatic carbocycles. The summed E-state index contributed by atoms with van der Waals surface area (Å²) in [6, 6.07) is 0. The van der Waals surface area contributed by atoms with Crippen LogP contribution in [0.5, 0.6) is 0 Å². The number of aliphatic hydroxyl groups is 3. The third-order valence-electron chi connectivity index (χ3n) is 5.21. The summed E-state index contributed by atoms with van der Waals surface area (Å²) in [5.41, 5.74) is 0. The predicted octanol–water partition coefficient (Wildman–Crippen LogP) is 3.52. The quantitative estimate of drug-likeness (QED) is 0.258. The number of unbranched alkanes of at least 4 members (excludes halogenated alkanes) is 3. The molecule has 5 atom stereocenters. The highest BCUT2D eigenvalue weighted by Gasteiger charge is 2.39. The number of ether oxygens (including phenoxy) is 1. The maximum absolute atomic E-state index is 11.3. The first kappa shape index (κ1) is 23.9. The topological polar surface area (TPSA) is 87.0 Å². The zero-order chi connectivity index (χ0) is 20.1. The predicted molar refractivity (Wildman–Crippen MR) is 107 cm³/mol. The molecule has 1 aliphatic carbocycles. The van der Waals surface area contributed by atoms with E-state index < -0.39 is 18.3 Å². The van der Waals surface area contributed by atoms with Gasteiger partial charge in [0.2, 0.25) is 0 Å². The average molecular weight is 383 g/mol. The van der Waals surface area contributed by atoms with Crippen molar-refractivity contribution in [1.82, 2.24) is 0 Å². The highest BCUT2D eigenvalue weighted by atomic mass is 16.5. The summed E-state index contributed by atoms with van der Waals surface area (Å²) >= 11 is 0. The van der Waals surface area contributed by atoms with Crippen molar-refractivity contribution in [3.63, 3.8) is 0 Å². The fourth-order valence-electron chi connectivity index (χ4n) is 3.63. The van der Waals surface area contributed by atoms with Crippen LogP contribution < -0.4 is 0 Å². The Labute approximate surface area is 164 Å². The average Bonchev–Trinajstić information content (AvgIpc) is 2.89. The summed E-state index contributed by atoms with van der Waals surface area (Å²) in [5, 5.41) is 30.5. The van der Waals surface area contributed by atoms with E-state index in [0.29, 0.717) is 25.9 Å². The van der Waals surface area contributed by atoms with Gasteiger partial charge in [-0.25, -0.2) is 0 Å². The molecule has 0 aromatic rings. The highest BCUT2D eigenvalue weighted by Crippen LogP contribution is 2.36. The summed E-state index contributed by atoms with van der Waals surface area (Å²) in [5.74, 6) is -0.340. The molecule has 0 heterocycles. The van der Waals surface area contributed by atoms with Crippen molar-refractivity contribution in [1.29, 1.82) is 0 Å². The largest absolute Gasteiger partial charge is 0.466 e. The Kier molecular flexibility index (Phi) is 12.3. The van der Waals surface area contributed by atoms with Crippen LogP contribution in [0.15, 0.2) is 24.3 Å². The van der Waals surface area contributed by atoms with Gasteiger partial charge in [-0.3, -0.25) is 4.79 Å². The van der Waals surface area contributed by atoms with Gasteiger partial charge in [-0.15, -0.1) is 0 Å². The number of allylic oxidation sites excluding steroid dienone is 2. The molecular weight excluding hydrogens is 344 g/mol. The number of carbonyl (C=O) groups excluding carboxylic acids is 1. The van der Waals surface area contributed by atoms with E-state index in [2.05, 4.69) is 6.92 Å². The van der Waals surface area contributed by atoms with Crippen molar-refractivity contribution >= 4 is 5.97 Å². The maximum Gasteiger partial charge on any atom is 0.305 e. The standard InChI is InChI=1S/C22H38O5/c1-3-5-8-11-17(23)14-15-19-18(20(24)16-21(19)25)12-9-6-7-10-13-22(26)27-4-2/h6,9,14-15,17-21,23-25H,3-5,7-8,10-13,16H2,1-2H3. The third kappa shape index (κ3) is 9.54. The minimum atomic E-state index is -0.568. The van der Waals surface area contributed by atoms with Gasteiger partial charge in [-0.1, -0.05) is 50.5 Å². The highest BCUT2D eigenvalue weighted by molar-refractivity contribution is 5.69. The first-order valence-corrected chi connectivity index (χ1v) is 10.5. The Morgan fingerprint density at radius 2 is 1.93 bits per heavy atom. The van der Waals surface area contributed by atoms with Crippen LogP contribution in [-0.2, 0) is 9.53 Å². The Balaban J connectivity index is 2.42. The van der Waals surface area contributed by atoms with Crippen LogP contribution in [0.2, 0.25) is 0 Å². The van der Waals surface area contributed by atoms with Gasteiger partial charge in [0.15, 0.2) is 0 Å². The van der Waals surface area contributed by atoms with Crippen LogP contribution in [0.3, 0.4) is 0 Å². The molecule has 0 aromatic heterocycles. The minimum absolute atomic E-state index is 0.0413. The lowest BCUT2D eigenvalue weighted by Crippen LogP contribution is -2.20. The Hall–Kier alpha value is -1.17. The molecule has 0 bridgehead atoms. The Bertz CT molecular complexity index is 460. The van der Waals surface area contributed by atoms with Gasteiger partial charge in [-0.2, -0.15) is 0 Å². The van der Waals surface area contributed by atoms with Gasteiger partial charge >= 0.3 is 5.97 Å². The summed E-state index contributed by atoms with van der Waals surface area (Å²) in [7, 11) is 0. The lowest BCUT2D eigenvalue weighted by molar-refractivity contribution is -0.143. The third-order valence-corrected chi connectivity index (χ3v) is 5.21. The Morgan fingerprint density at radius 1 is 1.15 bits per heavy atom. The van der Waals surface area contributed by atoms with Crippen molar-refractivity contribution in [3.05, 3.63) is 24.3 Å². The molecule has 27 heavy (non-hydrogen) atoms. The van der Waals surface area contributed by atoms with Gasteiger partial charge < -0.3 is 20.1 Å². The molecule has 0 spiro atoms. The molecule has 0 radical (unpaired) electrons. The zero-order valence-corrected chi connectivity index (χ0v) is 16.9. The second-order valence-electron chi connectivity index (χ2n) is 7.46. The van der Waals surface area contributed by atoms with Gasteiger partial charge in [0.05, 0.1) is 24.9 Å². The van der Waals surface area contributed by atoms with Crippen molar-refractivity contribution < 1.29 is 24.9 Å². The minimum Gasteiger partial charge on any atom is -0.466 e. The van der Waals surface area contributed by atoms with E-state index in [1.165, 1.54) is 0 Å². The number of rotatable bonds is 13. The molecule has 1 saturated carbocycles. The second-order valence-corrected chi connectivity index (χ2v) is 7.46. The molecular formula is C22H38O5. The second kappa shape index (κ2) is 13.9. The summed E-state index contributed by atoms with van der Waals surface area (Å²) in [4.78, 5) is 11.3. The molecule has 0 aliphatic heterocycles. The maximum atomic E-state index is 11.3. The molecule has 0 saturated heterocycles. The molecule has 5 heteroatoms. The van der Waals surface area contributed by atoms with Crippen molar-refractivity contribution in [2.45, 2.75) is 89.9 Å². The van der Waals surface area contributed by atoms with Crippen molar-refractivity contribution in [2.24, 2.45) is 11.8 Å². The molecule has 5 unspecified atom stereocenters. The molecule has 1 fully saturated rings. The van der Waals surface area contributed by atoms with Crippen LogP contribution in [0, 0.1) is 11.8 Å².